The van der Waals surface area contributed by atoms with Gasteiger partial charge in [0.1, 0.15) is 0 Å². The number of carboxylic acid groups (broad SMARTS) is 1. The highest BCUT2D eigenvalue weighted by molar-refractivity contribution is 6.45. The van der Waals surface area contributed by atoms with Crippen molar-refractivity contribution in [3.8, 4) is 0 Å². The molecule has 0 radical (unpaired) electrons. The van der Waals surface area contributed by atoms with E-state index in [1.165, 1.54) is 0 Å². The van der Waals surface area contributed by atoms with E-state index in [1.54, 1.807) is 0 Å². The molecular formula is C14H19BN2O5. The van der Waals surface area contributed by atoms with Crippen LogP contribution in [-0.2, 0) is 16.0 Å². The van der Waals surface area contributed by atoms with Crippen LogP contribution in [0.1, 0.15) is 24.8 Å². The fourth-order valence-corrected chi connectivity index (χ4v) is 2.35. The summed E-state index contributed by atoms with van der Waals surface area (Å²) in [6, 6.07) is 9.07. The van der Waals surface area contributed by atoms with Crippen LogP contribution in [0.25, 0.3) is 0 Å². The maximum Gasteiger partial charge on any atom is 0.478 e. The van der Waals surface area contributed by atoms with E-state index in [0.717, 1.165) is 5.56 Å². The second-order valence-electron chi connectivity index (χ2n) is 5.24. The zero-order valence-electron chi connectivity index (χ0n) is 12.1. The first-order chi connectivity index (χ1) is 10.5. The molecule has 0 aromatic heterocycles. The molecule has 1 aliphatic heterocycles. The molecular weight excluding hydrogens is 287 g/mol. The highest BCUT2D eigenvalue weighted by Crippen LogP contribution is 2.18. The van der Waals surface area contributed by atoms with Crippen molar-refractivity contribution in [2.24, 2.45) is 0 Å². The number of rotatable bonds is 5. The topological polar surface area (TPSA) is 108 Å². The standard InChI is InChI=1S/C14H19BN2O5/c18-13(19)8-11-6-7-12(15(21)22-11)17-14(20)16-9-10-4-2-1-3-5-10/h1-5,11-12,21H,6-9H2,(H,18,19)(H2,16,17,20)/t11-,12-/m0/s1. The van der Waals surface area contributed by atoms with Crippen molar-refractivity contribution in [1.29, 1.82) is 0 Å². The van der Waals surface area contributed by atoms with Crippen molar-refractivity contribution in [3.05, 3.63) is 35.9 Å². The summed E-state index contributed by atoms with van der Waals surface area (Å²) in [6.07, 6.45) is 0.285. The number of nitrogens with one attached hydrogen (secondary N) is 2. The minimum atomic E-state index is -1.19. The molecule has 1 aliphatic rings. The van der Waals surface area contributed by atoms with Crippen LogP contribution in [0.15, 0.2) is 30.3 Å². The van der Waals surface area contributed by atoms with Gasteiger partial charge < -0.3 is 25.4 Å². The molecule has 7 nitrogen and oxygen atoms in total. The molecule has 22 heavy (non-hydrogen) atoms. The number of carbonyl (C=O) groups is 2. The van der Waals surface area contributed by atoms with Crippen molar-refractivity contribution >= 4 is 19.1 Å². The third-order valence-corrected chi connectivity index (χ3v) is 3.49. The molecule has 118 valence electrons. The molecule has 2 atom stereocenters. The minimum absolute atomic E-state index is 0.149. The Hall–Kier alpha value is -2.06. The molecule has 0 unspecified atom stereocenters. The van der Waals surface area contributed by atoms with Crippen LogP contribution >= 0.6 is 0 Å². The Labute approximate surface area is 128 Å². The largest absolute Gasteiger partial charge is 0.481 e. The van der Waals surface area contributed by atoms with Crippen molar-refractivity contribution in [2.45, 2.75) is 37.9 Å². The van der Waals surface area contributed by atoms with Crippen molar-refractivity contribution in [2.75, 3.05) is 0 Å². The number of urea groups is 1. The number of hydrogen-bond donors (Lipinski definition) is 4. The fraction of sp³-hybridized carbons (Fsp3) is 0.429. The number of aliphatic carboxylic acids is 1. The Balaban J connectivity index is 1.74. The summed E-state index contributed by atoms with van der Waals surface area (Å²) in [4.78, 5) is 22.4. The molecule has 1 aromatic rings. The van der Waals surface area contributed by atoms with Gasteiger partial charge in [0.05, 0.1) is 18.5 Å². The minimum Gasteiger partial charge on any atom is -0.481 e. The lowest BCUT2D eigenvalue weighted by Crippen LogP contribution is -2.54. The van der Waals surface area contributed by atoms with E-state index < -0.39 is 31.2 Å². The van der Waals surface area contributed by atoms with E-state index in [9.17, 15) is 14.6 Å². The molecule has 4 N–H and O–H groups in total. The van der Waals surface area contributed by atoms with E-state index in [1.807, 2.05) is 30.3 Å². The quantitative estimate of drug-likeness (QED) is 0.593. The smallest absolute Gasteiger partial charge is 0.478 e. The Morgan fingerprint density at radius 3 is 2.64 bits per heavy atom. The molecule has 0 spiro atoms. The van der Waals surface area contributed by atoms with Crippen LogP contribution in [0.4, 0.5) is 4.79 Å². The predicted molar refractivity (Wildman–Crippen MR) is 79.9 cm³/mol. The third-order valence-electron chi connectivity index (χ3n) is 3.49. The van der Waals surface area contributed by atoms with Crippen LogP contribution in [0.5, 0.6) is 0 Å². The van der Waals surface area contributed by atoms with Gasteiger partial charge in [-0.15, -0.1) is 0 Å². The second kappa shape index (κ2) is 7.81. The van der Waals surface area contributed by atoms with Crippen molar-refractivity contribution in [1.82, 2.24) is 10.6 Å². The van der Waals surface area contributed by atoms with E-state index >= 15 is 0 Å². The summed E-state index contributed by atoms with van der Waals surface area (Å²) in [7, 11) is -1.19. The molecule has 1 saturated heterocycles. The van der Waals surface area contributed by atoms with Gasteiger partial charge in [-0.2, -0.15) is 0 Å². The Bertz CT molecular complexity index is 513. The Morgan fingerprint density at radius 1 is 1.27 bits per heavy atom. The van der Waals surface area contributed by atoms with Crippen LogP contribution in [-0.4, -0.2) is 41.3 Å². The molecule has 0 aliphatic carbocycles. The number of carbonyl (C=O) groups excluding carboxylic acids is 1. The molecule has 2 rings (SSSR count). The first-order valence-electron chi connectivity index (χ1n) is 7.18. The van der Waals surface area contributed by atoms with Crippen LogP contribution < -0.4 is 10.6 Å². The lowest BCUT2D eigenvalue weighted by Gasteiger charge is -2.30. The SMILES string of the molecule is O=C(O)C[C@@H]1CC[C@H](NC(=O)NCc2ccccc2)B(O)O1. The average Bonchev–Trinajstić information content (AvgIpc) is 2.48. The fourth-order valence-electron chi connectivity index (χ4n) is 2.35. The molecule has 1 fully saturated rings. The van der Waals surface area contributed by atoms with E-state index in [2.05, 4.69) is 10.6 Å². The predicted octanol–water partition coefficient (Wildman–Crippen LogP) is 0.528. The number of hydrogen-bond acceptors (Lipinski definition) is 4. The van der Waals surface area contributed by atoms with Gasteiger partial charge in [0, 0.05) is 6.54 Å². The zero-order valence-corrected chi connectivity index (χ0v) is 12.1. The van der Waals surface area contributed by atoms with Crippen molar-refractivity contribution in [3.63, 3.8) is 0 Å². The lowest BCUT2D eigenvalue weighted by molar-refractivity contribution is -0.139. The van der Waals surface area contributed by atoms with Crippen LogP contribution in [0.3, 0.4) is 0 Å². The van der Waals surface area contributed by atoms with E-state index in [0.29, 0.717) is 19.4 Å². The average molecular weight is 306 g/mol. The van der Waals surface area contributed by atoms with Crippen LogP contribution in [0.2, 0.25) is 0 Å². The van der Waals surface area contributed by atoms with Gasteiger partial charge in [-0.1, -0.05) is 30.3 Å². The third kappa shape index (κ3) is 5.05. The first kappa shape index (κ1) is 16.3. The van der Waals surface area contributed by atoms with Gasteiger partial charge in [-0.3, -0.25) is 4.79 Å². The van der Waals surface area contributed by atoms with E-state index in [-0.39, 0.29) is 6.42 Å². The summed E-state index contributed by atoms with van der Waals surface area (Å²) in [5.74, 6) is -1.51. The Morgan fingerprint density at radius 2 is 2.00 bits per heavy atom. The van der Waals surface area contributed by atoms with Gasteiger partial charge in [-0.05, 0) is 18.4 Å². The normalized spacial score (nSPS) is 21.2. The maximum absolute atomic E-state index is 11.8. The number of benzene rings is 1. The van der Waals surface area contributed by atoms with Gasteiger partial charge >= 0.3 is 19.1 Å². The van der Waals surface area contributed by atoms with Gasteiger partial charge in [0.25, 0.3) is 0 Å². The van der Waals surface area contributed by atoms with Gasteiger partial charge in [0.2, 0.25) is 0 Å². The highest BCUT2D eigenvalue weighted by atomic mass is 16.5. The molecule has 1 aromatic carbocycles. The van der Waals surface area contributed by atoms with Crippen LogP contribution in [0, 0.1) is 0 Å². The van der Waals surface area contributed by atoms with E-state index in [4.69, 9.17) is 9.76 Å². The first-order valence-corrected chi connectivity index (χ1v) is 7.18. The number of amides is 2. The van der Waals surface area contributed by atoms with Gasteiger partial charge in [-0.25, -0.2) is 4.79 Å². The molecule has 2 amide bonds. The second-order valence-corrected chi connectivity index (χ2v) is 5.24. The number of carboxylic acids is 1. The highest BCUT2D eigenvalue weighted by Gasteiger charge is 2.36. The maximum atomic E-state index is 11.8. The lowest BCUT2D eigenvalue weighted by atomic mass is 9.72. The summed E-state index contributed by atoms with van der Waals surface area (Å²) < 4.78 is 5.21. The molecule has 1 heterocycles. The summed E-state index contributed by atoms with van der Waals surface area (Å²) in [5, 5.41) is 23.9. The van der Waals surface area contributed by atoms with Crippen molar-refractivity contribution < 1.29 is 24.4 Å². The molecule has 0 saturated carbocycles. The zero-order chi connectivity index (χ0) is 15.9. The monoisotopic (exact) mass is 306 g/mol. The Kier molecular flexibility index (Phi) is 5.79. The molecule has 8 heteroatoms. The summed E-state index contributed by atoms with van der Waals surface area (Å²) >= 11 is 0. The molecule has 0 bridgehead atoms. The summed E-state index contributed by atoms with van der Waals surface area (Å²) in [5.41, 5.74) is 0.972. The summed E-state index contributed by atoms with van der Waals surface area (Å²) in [6.45, 7) is 0.387. The van der Waals surface area contributed by atoms with Gasteiger partial charge in [0.15, 0.2) is 0 Å².